The second kappa shape index (κ2) is 8.42. The molecule has 0 saturated heterocycles. The first-order valence-electron chi connectivity index (χ1n) is 9.03. The molecule has 2 heterocycles. The Hall–Kier alpha value is -1.14. The van der Waals surface area contributed by atoms with Gasteiger partial charge in [-0.1, -0.05) is 79.3 Å². The van der Waals surface area contributed by atoms with Crippen molar-refractivity contribution in [3.8, 4) is 0 Å². The van der Waals surface area contributed by atoms with Gasteiger partial charge < -0.3 is 0 Å². The Balaban J connectivity index is 0.000000128. The maximum atomic E-state index is 6.21. The van der Waals surface area contributed by atoms with Gasteiger partial charge in [-0.3, -0.25) is 0 Å². The van der Waals surface area contributed by atoms with Crippen molar-refractivity contribution in [2.75, 3.05) is 0 Å². The maximum Gasteiger partial charge on any atom is 0.0499 e. The van der Waals surface area contributed by atoms with Gasteiger partial charge in [-0.2, -0.15) is 0 Å². The lowest BCUT2D eigenvalue weighted by Gasteiger charge is -1.94. The molecule has 6 rings (SSSR count). The maximum absolute atomic E-state index is 6.21. The van der Waals surface area contributed by atoms with Crippen molar-refractivity contribution in [3.05, 3.63) is 91.8 Å². The molecule has 0 atom stereocenters. The van der Waals surface area contributed by atoms with E-state index in [1.54, 1.807) is 22.7 Å². The van der Waals surface area contributed by atoms with Crippen LogP contribution >= 0.6 is 77.7 Å². The van der Waals surface area contributed by atoms with Crippen LogP contribution in [0.5, 0.6) is 0 Å². The summed E-state index contributed by atoms with van der Waals surface area (Å²) in [6.45, 7) is 0. The Labute approximate surface area is 208 Å². The number of hydrogen-bond acceptors (Lipinski definition) is 2. The highest BCUT2D eigenvalue weighted by Crippen LogP contribution is 2.39. The predicted octanol–water partition coefficient (Wildman–Crippen LogP) is 10.9. The van der Waals surface area contributed by atoms with Gasteiger partial charge in [0.1, 0.15) is 0 Å². The van der Waals surface area contributed by atoms with Crippen LogP contribution in [0.2, 0.25) is 10.0 Å². The van der Waals surface area contributed by atoms with Crippen LogP contribution in [-0.2, 0) is 0 Å². The summed E-state index contributed by atoms with van der Waals surface area (Å²) in [7, 11) is 0. The molecule has 0 amide bonds. The van der Waals surface area contributed by atoms with Crippen molar-refractivity contribution in [1.29, 1.82) is 0 Å². The Morgan fingerprint density at radius 1 is 0.567 bits per heavy atom. The number of benzene rings is 4. The van der Waals surface area contributed by atoms with E-state index < -0.39 is 0 Å². The lowest BCUT2D eigenvalue weighted by molar-refractivity contribution is 1.77. The molecule has 0 aliphatic carbocycles. The van der Waals surface area contributed by atoms with Crippen LogP contribution in [0.25, 0.3) is 40.3 Å². The normalized spacial score (nSPS) is 11.3. The number of thiophene rings is 2. The Morgan fingerprint density at radius 3 is 1.87 bits per heavy atom. The largest absolute Gasteiger partial charge is 0.135 e. The molecule has 0 N–H and O–H groups in total. The molecular formula is C24H12Br2Cl2S2. The monoisotopic (exact) mass is 592 g/mol. The van der Waals surface area contributed by atoms with Gasteiger partial charge in [0.25, 0.3) is 0 Å². The van der Waals surface area contributed by atoms with Gasteiger partial charge in [0.05, 0.1) is 0 Å². The number of fused-ring (bicyclic) bond motifs is 6. The van der Waals surface area contributed by atoms with Crippen molar-refractivity contribution in [3.63, 3.8) is 0 Å². The summed E-state index contributed by atoms with van der Waals surface area (Å²) in [5.41, 5.74) is 0. The van der Waals surface area contributed by atoms with Crippen molar-refractivity contribution in [1.82, 2.24) is 0 Å². The smallest absolute Gasteiger partial charge is 0.0499 e. The van der Waals surface area contributed by atoms with Crippen molar-refractivity contribution in [2.45, 2.75) is 0 Å². The zero-order valence-corrected chi connectivity index (χ0v) is 21.6. The Morgan fingerprint density at radius 2 is 1.13 bits per heavy atom. The molecule has 6 aromatic rings. The average molecular weight is 595 g/mol. The highest BCUT2D eigenvalue weighted by molar-refractivity contribution is 9.10. The minimum Gasteiger partial charge on any atom is -0.135 e. The van der Waals surface area contributed by atoms with Gasteiger partial charge in [-0.25, -0.2) is 0 Å². The third kappa shape index (κ3) is 3.90. The first-order chi connectivity index (χ1) is 14.5. The SMILES string of the molecule is Clc1ccc2c(c1)sc1cc(Br)ccc12.Clc1cccc2sc3cc(Br)ccc3c12. The molecule has 0 saturated carbocycles. The zero-order chi connectivity index (χ0) is 20.8. The number of hydrogen-bond donors (Lipinski definition) is 0. The molecule has 30 heavy (non-hydrogen) atoms. The molecule has 0 aliphatic rings. The molecule has 0 spiro atoms. The molecule has 6 heteroatoms. The molecule has 0 aliphatic heterocycles. The summed E-state index contributed by atoms with van der Waals surface area (Å²) in [4.78, 5) is 0. The van der Waals surface area contributed by atoms with Crippen LogP contribution in [0, 0.1) is 0 Å². The molecule has 0 bridgehead atoms. The van der Waals surface area contributed by atoms with Crippen molar-refractivity contribution >= 4 is 118 Å². The summed E-state index contributed by atoms with van der Waals surface area (Å²) in [5, 5.41) is 6.63. The molecule has 2 aromatic heterocycles. The topological polar surface area (TPSA) is 0 Å². The first kappa shape index (κ1) is 20.7. The van der Waals surface area contributed by atoms with E-state index >= 15 is 0 Å². The van der Waals surface area contributed by atoms with E-state index in [4.69, 9.17) is 23.2 Å². The summed E-state index contributed by atoms with van der Waals surface area (Å²) in [6, 6.07) is 24.8. The lowest BCUT2D eigenvalue weighted by Crippen LogP contribution is -1.68. The number of halogens is 4. The van der Waals surface area contributed by atoms with Crippen LogP contribution in [0.15, 0.2) is 81.7 Å². The first-order valence-corrected chi connectivity index (χ1v) is 13.0. The van der Waals surface area contributed by atoms with Crippen molar-refractivity contribution < 1.29 is 0 Å². The van der Waals surface area contributed by atoms with E-state index in [0.29, 0.717) is 0 Å². The Bertz CT molecular complexity index is 1490. The fourth-order valence-corrected chi connectivity index (χ4v) is 7.43. The quantitative estimate of drug-likeness (QED) is 0.164. The molecule has 0 nitrogen and oxygen atoms in total. The Kier molecular flexibility index (Phi) is 5.82. The molecule has 0 unspecified atom stereocenters. The van der Waals surface area contributed by atoms with Crippen LogP contribution in [0.1, 0.15) is 0 Å². The lowest BCUT2D eigenvalue weighted by atomic mass is 10.1. The van der Waals surface area contributed by atoms with E-state index in [2.05, 4.69) is 80.4 Å². The van der Waals surface area contributed by atoms with E-state index in [1.807, 2.05) is 24.3 Å². The van der Waals surface area contributed by atoms with Gasteiger partial charge in [0.2, 0.25) is 0 Å². The third-order valence-corrected chi connectivity index (χ3v) is 8.58. The second-order valence-electron chi connectivity index (χ2n) is 6.74. The highest BCUT2D eigenvalue weighted by atomic mass is 79.9. The van der Waals surface area contributed by atoms with Crippen LogP contribution in [0.4, 0.5) is 0 Å². The van der Waals surface area contributed by atoms with E-state index in [0.717, 1.165) is 19.0 Å². The van der Waals surface area contributed by atoms with E-state index in [-0.39, 0.29) is 0 Å². The van der Waals surface area contributed by atoms with E-state index in [9.17, 15) is 0 Å². The van der Waals surface area contributed by atoms with Gasteiger partial charge in [-0.15, -0.1) is 22.7 Å². The number of rotatable bonds is 0. The summed E-state index contributed by atoms with van der Waals surface area (Å²) in [6.07, 6.45) is 0. The van der Waals surface area contributed by atoms with Gasteiger partial charge >= 0.3 is 0 Å². The summed E-state index contributed by atoms with van der Waals surface area (Å²) >= 11 is 22.7. The predicted molar refractivity (Wildman–Crippen MR) is 144 cm³/mol. The van der Waals surface area contributed by atoms with Crippen LogP contribution < -0.4 is 0 Å². The van der Waals surface area contributed by atoms with Crippen LogP contribution in [0.3, 0.4) is 0 Å². The molecule has 148 valence electrons. The van der Waals surface area contributed by atoms with Gasteiger partial charge in [-0.05, 0) is 48.5 Å². The van der Waals surface area contributed by atoms with Crippen molar-refractivity contribution in [2.24, 2.45) is 0 Å². The van der Waals surface area contributed by atoms with Gasteiger partial charge in [0.15, 0.2) is 0 Å². The molecule has 0 fully saturated rings. The molecule has 0 radical (unpaired) electrons. The third-order valence-electron chi connectivity index (χ3n) is 4.81. The standard InChI is InChI=1S/2C12H6BrClS/c13-7-1-3-9-10-4-2-8(14)6-12(10)15-11(9)5-7;13-7-4-5-8-11(6-7)15-10-3-1-2-9(14)12(8)10/h2*1-6H. The van der Waals surface area contributed by atoms with Gasteiger partial charge in [0, 0.05) is 59.3 Å². The molecular weight excluding hydrogens is 583 g/mol. The fourth-order valence-electron chi connectivity index (χ4n) is 3.48. The second-order valence-corrected chi connectivity index (χ2v) is 11.6. The minimum absolute atomic E-state index is 0.799. The summed E-state index contributed by atoms with van der Waals surface area (Å²) in [5.74, 6) is 0. The summed E-state index contributed by atoms with van der Waals surface area (Å²) < 4.78 is 7.28. The highest BCUT2D eigenvalue weighted by Gasteiger charge is 2.08. The minimum atomic E-state index is 0.799. The fraction of sp³-hybridized carbons (Fsp3) is 0. The van der Waals surface area contributed by atoms with Crippen LogP contribution in [-0.4, -0.2) is 0 Å². The average Bonchev–Trinajstić information content (AvgIpc) is 3.25. The molecule has 4 aromatic carbocycles. The zero-order valence-electron chi connectivity index (χ0n) is 15.3. The van der Waals surface area contributed by atoms with E-state index in [1.165, 1.54) is 40.3 Å².